The Morgan fingerprint density at radius 1 is 1.19 bits per heavy atom. The van der Waals surface area contributed by atoms with Gasteiger partial charge in [0, 0.05) is 25.3 Å². The molecule has 0 saturated heterocycles. The molecule has 1 heterocycles. The van der Waals surface area contributed by atoms with Gasteiger partial charge in [0.15, 0.2) is 0 Å². The Morgan fingerprint density at radius 2 is 1.96 bits per heavy atom. The fraction of sp³-hybridized carbons (Fsp3) is 0.176. The van der Waals surface area contributed by atoms with E-state index in [-0.39, 0.29) is 16.6 Å². The van der Waals surface area contributed by atoms with Gasteiger partial charge in [-0.1, -0.05) is 0 Å². The summed E-state index contributed by atoms with van der Waals surface area (Å²) in [5.41, 5.74) is 2.27. The molecule has 0 radical (unpaired) electrons. The summed E-state index contributed by atoms with van der Waals surface area (Å²) >= 11 is 0. The first kappa shape index (κ1) is 17.9. The Labute approximate surface area is 150 Å². The molecule has 26 heavy (non-hydrogen) atoms. The second-order valence-corrected chi connectivity index (χ2v) is 7.86. The Hall–Kier alpha value is -2.91. The highest BCUT2D eigenvalue weighted by Gasteiger charge is 2.23. The van der Waals surface area contributed by atoms with Gasteiger partial charge in [0.25, 0.3) is 5.91 Å². The lowest BCUT2D eigenvalue weighted by Crippen LogP contribution is -2.23. The highest BCUT2D eigenvalue weighted by Crippen LogP contribution is 2.29. The molecule has 136 valence electrons. The molecule has 1 amide bonds. The van der Waals surface area contributed by atoms with E-state index in [4.69, 9.17) is 4.74 Å². The van der Waals surface area contributed by atoms with Crippen LogP contribution in [0.2, 0.25) is 0 Å². The molecule has 1 aromatic heterocycles. The molecule has 9 heteroatoms. The van der Waals surface area contributed by atoms with Crippen molar-refractivity contribution in [1.82, 2.24) is 14.3 Å². The number of H-pyrrole nitrogens is 1. The van der Waals surface area contributed by atoms with Crippen LogP contribution >= 0.6 is 0 Å². The third-order valence-electron chi connectivity index (χ3n) is 3.86. The molecule has 0 spiro atoms. The van der Waals surface area contributed by atoms with Crippen molar-refractivity contribution < 1.29 is 17.9 Å². The molecule has 0 aliphatic rings. The zero-order chi connectivity index (χ0) is 18.9. The number of rotatable bonds is 5. The van der Waals surface area contributed by atoms with Crippen LogP contribution in [0.3, 0.4) is 0 Å². The molecule has 3 aromatic rings. The van der Waals surface area contributed by atoms with Gasteiger partial charge in [0.05, 0.1) is 24.5 Å². The predicted molar refractivity (Wildman–Crippen MR) is 97.9 cm³/mol. The SMILES string of the molecule is COc1ccc(NC(=O)c2ccc3nc[nH]c3c2)cc1S(=O)(=O)N(C)C. The number of ether oxygens (including phenoxy) is 1. The number of fused-ring (bicyclic) bond motifs is 1. The van der Waals surface area contributed by atoms with Gasteiger partial charge < -0.3 is 15.0 Å². The lowest BCUT2D eigenvalue weighted by atomic mass is 10.2. The highest BCUT2D eigenvalue weighted by atomic mass is 32.2. The van der Waals surface area contributed by atoms with Crippen LogP contribution in [0.4, 0.5) is 5.69 Å². The molecule has 0 aliphatic heterocycles. The van der Waals surface area contributed by atoms with E-state index in [9.17, 15) is 13.2 Å². The topological polar surface area (TPSA) is 104 Å². The first-order chi connectivity index (χ1) is 12.3. The summed E-state index contributed by atoms with van der Waals surface area (Å²) in [5, 5.41) is 2.71. The molecule has 0 fully saturated rings. The van der Waals surface area contributed by atoms with Gasteiger partial charge in [-0.3, -0.25) is 4.79 Å². The molecule has 3 rings (SSSR count). The number of hydrogen-bond donors (Lipinski definition) is 2. The monoisotopic (exact) mass is 374 g/mol. The Kier molecular flexibility index (Phi) is 4.66. The van der Waals surface area contributed by atoms with E-state index in [0.29, 0.717) is 11.3 Å². The minimum absolute atomic E-state index is 0.0215. The van der Waals surface area contributed by atoms with Crippen LogP contribution in [0.25, 0.3) is 11.0 Å². The van der Waals surface area contributed by atoms with Gasteiger partial charge in [-0.25, -0.2) is 17.7 Å². The fourth-order valence-corrected chi connectivity index (χ4v) is 3.51. The van der Waals surface area contributed by atoms with E-state index in [1.54, 1.807) is 30.6 Å². The Balaban J connectivity index is 1.93. The van der Waals surface area contributed by atoms with Crippen molar-refractivity contribution in [3.63, 3.8) is 0 Å². The molecule has 8 nitrogen and oxygen atoms in total. The van der Waals surface area contributed by atoms with Gasteiger partial charge in [0.1, 0.15) is 10.6 Å². The Bertz CT molecular complexity index is 1070. The molecule has 0 aliphatic carbocycles. The lowest BCUT2D eigenvalue weighted by molar-refractivity contribution is 0.102. The highest BCUT2D eigenvalue weighted by molar-refractivity contribution is 7.89. The van der Waals surface area contributed by atoms with Crippen molar-refractivity contribution in [3.05, 3.63) is 48.3 Å². The number of aromatic amines is 1. The van der Waals surface area contributed by atoms with Gasteiger partial charge in [0.2, 0.25) is 10.0 Å². The maximum atomic E-state index is 12.5. The zero-order valence-corrected chi connectivity index (χ0v) is 15.3. The average molecular weight is 374 g/mol. The quantitative estimate of drug-likeness (QED) is 0.711. The molecule has 0 bridgehead atoms. The van der Waals surface area contributed by atoms with Gasteiger partial charge in [-0.05, 0) is 36.4 Å². The number of aromatic nitrogens is 2. The van der Waals surface area contributed by atoms with Crippen LogP contribution in [-0.2, 0) is 10.0 Å². The minimum atomic E-state index is -3.72. The fourth-order valence-electron chi connectivity index (χ4n) is 2.43. The number of hydrogen-bond acceptors (Lipinski definition) is 5. The van der Waals surface area contributed by atoms with E-state index in [0.717, 1.165) is 15.3 Å². The number of carbonyl (C=O) groups excluding carboxylic acids is 1. The first-order valence-electron chi connectivity index (χ1n) is 7.68. The largest absolute Gasteiger partial charge is 0.495 e. The summed E-state index contributed by atoms with van der Waals surface area (Å²) in [5.74, 6) is -0.157. The van der Waals surface area contributed by atoms with E-state index in [1.807, 2.05) is 0 Å². The molecule has 0 atom stereocenters. The van der Waals surface area contributed by atoms with Crippen LogP contribution in [0.15, 0.2) is 47.6 Å². The summed E-state index contributed by atoms with van der Waals surface area (Å²) < 4.78 is 31.1. The number of sulfonamides is 1. The second-order valence-electron chi connectivity index (χ2n) is 5.74. The molecule has 2 N–H and O–H groups in total. The van der Waals surface area contributed by atoms with Gasteiger partial charge in [-0.2, -0.15) is 0 Å². The standard InChI is InChI=1S/C17H18N4O4S/c1-21(2)26(23,24)16-9-12(5-7-15(16)25-3)20-17(22)11-4-6-13-14(8-11)19-10-18-13/h4-10H,1-3H3,(H,18,19)(H,20,22). The van der Waals surface area contributed by atoms with E-state index >= 15 is 0 Å². The number of methoxy groups -OCH3 is 1. The maximum absolute atomic E-state index is 12.5. The summed E-state index contributed by atoms with van der Waals surface area (Å²) in [6.07, 6.45) is 1.55. The van der Waals surface area contributed by atoms with E-state index < -0.39 is 10.0 Å². The van der Waals surface area contributed by atoms with Crippen LogP contribution in [0, 0.1) is 0 Å². The third-order valence-corrected chi connectivity index (χ3v) is 5.70. The second kappa shape index (κ2) is 6.77. The number of nitrogens with one attached hydrogen (secondary N) is 2. The average Bonchev–Trinajstić information content (AvgIpc) is 3.09. The first-order valence-corrected chi connectivity index (χ1v) is 9.12. The van der Waals surface area contributed by atoms with Gasteiger partial charge >= 0.3 is 0 Å². The van der Waals surface area contributed by atoms with Crippen molar-refractivity contribution in [2.24, 2.45) is 0 Å². The minimum Gasteiger partial charge on any atom is -0.495 e. The molecular formula is C17H18N4O4S. The van der Waals surface area contributed by atoms with E-state index in [1.165, 1.54) is 33.3 Å². The summed E-state index contributed by atoms with van der Waals surface area (Å²) in [6.45, 7) is 0. The molecule has 2 aromatic carbocycles. The normalized spacial score (nSPS) is 11.7. The van der Waals surface area contributed by atoms with Crippen LogP contribution in [0.1, 0.15) is 10.4 Å². The van der Waals surface area contributed by atoms with Crippen molar-refractivity contribution in [2.45, 2.75) is 4.90 Å². The number of nitrogens with zero attached hydrogens (tertiary/aromatic N) is 2. The number of imidazole rings is 1. The lowest BCUT2D eigenvalue weighted by Gasteiger charge is -2.16. The van der Waals surface area contributed by atoms with Crippen molar-refractivity contribution in [1.29, 1.82) is 0 Å². The summed E-state index contributed by atoms with van der Waals surface area (Å²) in [7, 11) is 0.531. The predicted octanol–water partition coefficient (Wildman–Crippen LogP) is 2.07. The van der Waals surface area contributed by atoms with Crippen LogP contribution in [0.5, 0.6) is 5.75 Å². The number of anilines is 1. The van der Waals surface area contributed by atoms with Crippen molar-refractivity contribution in [3.8, 4) is 5.75 Å². The third kappa shape index (κ3) is 3.26. The Morgan fingerprint density at radius 3 is 2.65 bits per heavy atom. The molecular weight excluding hydrogens is 356 g/mol. The smallest absolute Gasteiger partial charge is 0.255 e. The van der Waals surface area contributed by atoms with E-state index in [2.05, 4.69) is 15.3 Å². The van der Waals surface area contributed by atoms with Crippen LogP contribution < -0.4 is 10.1 Å². The summed E-state index contributed by atoms with van der Waals surface area (Å²) in [4.78, 5) is 19.5. The number of amides is 1. The number of benzene rings is 2. The van der Waals surface area contributed by atoms with Gasteiger partial charge in [-0.15, -0.1) is 0 Å². The van der Waals surface area contributed by atoms with Crippen molar-refractivity contribution >= 4 is 32.7 Å². The molecule has 0 unspecified atom stereocenters. The molecule has 0 saturated carbocycles. The summed E-state index contributed by atoms with van der Waals surface area (Å²) in [6, 6.07) is 9.53. The van der Waals surface area contributed by atoms with Crippen molar-refractivity contribution in [2.75, 3.05) is 26.5 Å². The zero-order valence-electron chi connectivity index (χ0n) is 14.5. The van der Waals surface area contributed by atoms with Crippen LogP contribution in [-0.4, -0.2) is 49.8 Å². The maximum Gasteiger partial charge on any atom is 0.255 e. The number of carbonyl (C=O) groups is 1.